The fourth-order valence-electron chi connectivity index (χ4n) is 6.54. The highest BCUT2D eigenvalue weighted by Crippen LogP contribution is 2.37. The summed E-state index contributed by atoms with van der Waals surface area (Å²) in [5, 5.41) is 6.80. The summed E-state index contributed by atoms with van der Waals surface area (Å²) in [7, 11) is 0. The minimum absolute atomic E-state index is 1.05. The molecule has 4 bridgehead atoms. The molecule has 0 unspecified atom stereocenters. The molecule has 2 fully saturated rings. The molecule has 4 aliphatic heterocycles. The molecule has 36 heavy (non-hydrogen) atoms. The van der Waals surface area contributed by atoms with Crippen LogP contribution < -0.4 is 10.6 Å². The predicted octanol–water partition coefficient (Wildman–Crippen LogP) is 8.32. The summed E-state index contributed by atoms with van der Waals surface area (Å²) in [6.07, 6.45) is 31.9. The Kier molecular flexibility index (Phi) is 10.7. The predicted molar refractivity (Wildman–Crippen MR) is 153 cm³/mol. The number of hydrogen-bond donors (Lipinski definition) is 2. The molecular weight excluding hydrogens is 440 g/mol. The Morgan fingerprint density at radius 1 is 0.611 bits per heavy atom. The molecule has 4 heteroatoms. The van der Waals surface area contributed by atoms with Gasteiger partial charge in [-0.3, -0.25) is 0 Å². The number of allylic oxidation sites excluding steroid dienone is 7. The van der Waals surface area contributed by atoms with Gasteiger partial charge in [0.25, 0.3) is 0 Å². The highest BCUT2D eigenvalue weighted by molar-refractivity contribution is 5.30. The average molecular weight is 491 g/mol. The van der Waals surface area contributed by atoms with Gasteiger partial charge in [-0.05, 0) is 70.2 Å². The Balaban J connectivity index is 1.02. The van der Waals surface area contributed by atoms with Gasteiger partial charge in [0, 0.05) is 53.7 Å². The number of unbranched alkanes of at least 4 members (excludes halogenated alkanes) is 9. The third kappa shape index (κ3) is 7.11. The molecule has 0 aromatic carbocycles. The first kappa shape index (κ1) is 26.7. The SMILES string of the molecule is C=CNC1=C2CCCC(=CC1)N2CCCCCCCCCCCCN1C2=CCCC(NC=C)=C1CC2. The van der Waals surface area contributed by atoms with Crippen LogP contribution in [0.5, 0.6) is 0 Å². The summed E-state index contributed by atoms with van der Waals surface area (Å²) in [5.41, 5.74) is 8.97. The van der Waals surface area contributed by atoms with Crippen LogP contribution in [0.2, 0.25) is 0 Å². The molecule has 0 saturated carbocycles. The molecule has 0 aromatic rings. The van der Waals surface area contributed by atoms with Crippen LogP contribution in [0.1, 0.15) is 116 Å². The molecule has 4 aliphatic rings. The number of fused-ring (bicyclic) bond motifs is 4. The molecular formula is C32H50N4. The molecule has 0 spiro atoms. The highest BCUT2D eigenvalue weighted by Gasteiger charge is 2.27. The number of nitrogens with zero attached hydrogens (tertiary/aromatic N) is 2. The van der Waals surface area contributed by atoms with Crippen molar-refractivity contribution in [2.75, 3.05) is 13.1 Å². The Labute approximate surface area is 221 Å². The monoisotopic (exact) mass is 490 g/mol. The smallest absolute Gasteiger partial charge is 0.0383 e. The zero-order valence-corrected chi connectivity index (χ0v) is 22.8. The second-order valence-corrected chi connectivity index (χ2v) is 10.9. The molecule has 2 saturated heterocycles. The van der Waals surface area contributed by atoms with Crippen molar-refractivity contribution in [1.82, 2.24) is 20.4 Å². The van der Waals surface area contributed by atoms with E-state index in [1.165, 1.54) is 132 Å². The van der Waals surface area contributed by atoms with Crippen molar-refractivity contribution in [2.24, 2.45) is 0 Å². The number of piperidine rings is 1. The summed E-state index contributed by atoms with van der Waals surface area (Å²) in [4.78, 5) is 5.22. The van der Waals surface area contributed by atoms with E-state index >= 15 is 0 Å². The van der Waals surface area contributed by atoms with E-state index in [9.17, 15) is 0 Å². The molecule has 198 valence electrons. The number of nitrogens with one attached hydrogen (secondary N) is 2. The molecule has 4 rings (SSSR count). The maximum Gasteiger partial charge on any atom is 0.0383 e. The molecule has 0 atom stereocenters. The van der Waals surface area contributed by atoms with Crippen LogP contribution in [0.3, 0.4) is 0 Å². The van der Waals surface area contributed by atoms with Crippen LogP contribution >= 0.6 is 0 Å². The van der Waals surface area contributed by atoms with Gasteiger partial charge >= 0.3 is 0 Å². The van der Waals surface area contributed by atoms with E-state index in [1.54, 1.807) is 11.4 Å². The topological polar surface area (TPSA) is 30.5 Å². The van der Waals surface area contributed by atoms with E-state index in [0.29, 0.717) is 0 Å². The van der Waals surface area contributed by atoms with E-state index in [1.807, 2.05) is 12.4 Å². The third-order valence-electron chi connectivity index (χ3n) is 8.39. The fourth-order valence-corrected chi connectivity index (χ4v) is 6.54. The third-order valence-corrected chi connectivity index (χ3v) is 8.39. The molecule has 0 radical (unpaired) electrons. The zero-order valence-electron chi connectivity index (χ0n) is 22.8. The Hall–Kier alpha value is -2.36. The van der Waals surface area contributed by atoms with Crippen LogP contribution in [0.4, 0.5) is 0 Å². The summed E-state index contributed by atoms with van der Waals surface area (Å²) < 4.78 is 0. The van der Waals surface area contributed by atoms with E-state index in [0.717, 1.165) is 19.3 Å². The molecule has 0 amide bonds. The van der Waals surface area contributed by atoms with E-state index in [-0.39, 0.29) is 0 Å². The second kappa shape index (κ2) is 14.4. The van der Waals surface area contributed by atoms with Crippen LogP contribution in [0.15, 0.2) is 71.9 Å². The normalized spacial score (nSPS) is 19.2. The van der Waals surface area contributed by atoms with Crippen molar-refractivity contribution in [1.29, 1.82) is 0 Å². The Bertz CT molecular complexity index is 875. The van der Waals surface area contributed by atoms with Crippen LogP contribution in [0.25, 0.3) is 0 Å². The molecule has 0 aromatic heterocycles. The van der Waals surface area contributed by atoms with E-state index in [4.69, 9.17) is 0 Å². The second-order valence-electron chi connectivity index (χ2n) is 10.9. The van der Waals surface area contributed by atoms with Crippen molar-refractivity contribution in [3.05, 3.63) is 71.9 Å². The summed E-state index contributed by atoms with van der Waals surface area (Å²) >= 11 is 0. The average Bonchev–Trinajstić information content (AvgIpc) is 3.19. The quantitative estimate of drug-likeness (QED) is 0.201. The highest BCUT2D eigenvalue weighted by atomic mass is 15.2. The van der Waals surface area contributed by atoms with Crippen LogP contribution in [-0.4, -0.2) is 22.9 Å². The maximum atomic E-state index is 3.87. The fraction of sp³-hybridized carbons (Fsp3) is 0.625. The molecule has 4 nitrogen and oxygen atoms in total. The lowest BCUT2D eigenvalue weighted by molar-refractivity contribution is 0.330. The van der Waals surface area contributed by atoms with Crippen molar-refractivity contribution >= 4 is 0 Å². The van der Waals surface area contributed by atoms with Crippen molar-refractivity contribution < 1.29 is 0 Å². The van der Waals surface area contributed by atoms with Gasteiger partial charge in [-0.25, -0.2) is 0 Å². The van der Waals surface area contributed by atoms with Gasteiger partial charge in [0.05, 0.1) is 0 Å². The largest absolute Gasteiger partial charge is 0.364 e. The first-order valence-corrected chi connectivity index (χ1v) is 14.9. The van der Waals surface area contributed by atoms with Gasteiger partial charge in [0.15, 0.2) is 0 Å². The first-order valence-electron chi connectivity index (χ1n) is 14.9. The van der Waals surface area contributed by atoms with Crippen LogP contribution in [0, 0.1) is 0 Å². The van der Waals surface area contributed by atoms with E-state index in [2.05, 4.69) is 45.7 Å². The summed E-state index contributed by atoms with van der Waals surface area (Å²) in [6.45, 7) is 10.1. The zero-order chi connectivity index (χ0) is 25.0. The van der Waals surface area contributed by atoms with Gasteiger partial charge in [-0.1, -0.05) is 76.7 Å². The minimum atomic E-state index is 1.05. The standard InChI is InChI=1S/C32H50N4/c1-3-33-29-19-15-17-28-22-24-32(29)36(28)26-14-12-10-8-6-5-7-9-11-13-25-35-27-18-16-20-31(35)30(23-21-27)34-4-2/h3-4,17,21,33-34H,1-2,5-16,18-20,22-26H2. The van der Waals surface area contributed by atoms with Gasteiger partial charge in [0.1, 0.15) is 0 Å². The van der Waals surface area contributed by atoms with Crippen molar-refractivity contribution in [2.45, 2.75) is 116 Å². The molecule has 2 N–H and O–H groups in total. The summed E-state index contributed by atoms with van der Waals surface area (Å²) in [6, 6.07) is 0. The van der Waals surface area contributed by atoms with Gasteiger partial charge in [0.2, 0.25) is 0 Å². The van der Waals surface area contributed by atoms with Crippen molar-refractivity contribution in [3.8, 4) is 0 Å². The Morgan fingerprint density at radius 2 is 1.17 bits per heavy atom. The number of hydrogen-bond acceptors (Lipinski definition) is 4. The van der Waals surface area contributed by atoms with Gasteiger partial charge in [-0.15, -0.1) is 0 Å². The lowest BCUT2D eigenvalue weighted by Gasteiger charge is -2.39. The lowest BCUT2D eigenvalue weighted by Crippen LogP contribution is -2.32. The van der Waals surface area contributed by atoms with Crippen LogP contribution in [-0.2, 0) is 0 Å². The molecule has 4 heterocycles. The summed E-state index contributed by atoms with van der Waals surface area (Å²) in [5.74, 6) is 0. The number of rotatable bonds is 17. The maximum absolute atomic E-state index is 3.87. The first-order chi connectivity index (χ1) is 17.8. The van der Waals surface area contributed by atoms with Gasteiger partial charge in [-0.2, -0.15) is 0 Å². The van der Waals surface area contributed by atoms with Crippen molar-refractivity contribution in [3.63, 3.8) is 0 Å². The van der Waals surface area contributed by atoms with Gasteiger partial charge < -0.3 is 20.4 Å². The van der Waals surface area contributed by atoms with E-state index < -0.39 is 0 Å². The lowest BCUT2D eigenvalue weighted by atomic mass is 9.95. The Morgan fingerprint density at radius 3 is 1.81 bits per heavy atom. The molecule has 0 aliphatic carbocycles. The minimum Gasteiger partial charge on any atom is -0.364 e.